The van der Waals surface area contributed by atoms with Gasteiger partial charge in [0, 0.05) is 38.9 Å². The van der Waals surface area contributed by atoms with Crippen LogP contribution in [0.5, 0.6) is 0 Å². The predicted molar refractivity (Wildman–Crippen MR) is 75.8 cm³/mol. The van der Waals surface area contributed by atoms with Crippen LogP contribution in [0, 0.1) is 11.3 Å². The molecule has 1 atom stereocenters. The zero-order valence-electron chi connectivity index (χ0n) is 12.4. The summed E-state index contributed by atoms with van der Waals surface area (Å²) in [6, 6.07) is 0.585. The Kier molecular flexibility index (Phi) is 5.05. The Bertz CT molecular complexity index is 249. The van der Waals surface area contributed by atoms with Gasteiger partial charge in [-0.05, 0) is 37.1 Å². The van der Waals surface area contributed by atoms with Gasteiger partial charge in [0.05, 0.1) is 0 Å². The minimum atomic E-state index is 0.451. The van der Waals surface area contributed by atoms with Gasteiger partial charge in [0.2, 0.25) is 0 Å². The molecule has 2 saturated heterocycles. The first-order valence-corrected chi connectivity index (χ1v) is 7.63. The summed E-state index contributed by atoms with van der Waals surface area (Å²) in [7, 11) is 0. The average molecular weight is 254 g/mol. The Morgan fingerprint density at radius 1 is 1.33 bits per heavy atom. The minimum Gasteiger partial charge on any atom is -0.381 e. The number of nitrogens with zero attached hydrogens (tertiary/aromatic N) is 1. The van der Waals surface area contributed by atoms with E-state index in [-0.39, 0.29) is 0 Å². The summed E-state index contributed by atoms with van der Waals surface area (Å²) < 4.78 is 5.57. The van der Waals surface area contributed by atoms with Gasteiger partial charge in [0.15, 0.2) is 0 Å². The second kappa shape index (κ2) is 6.36. The number of ether oxygens (including phenoxy) is 1. The molecule has 0 radical (unpaired) electrons. The number of hydrogen-bond acceptors (Lipinski definition) is 3. The molecule has 1 N–H and O–H groups in total. The van der Waals surface area contributed by atoms with Crippen molar-refractivity contribution in [1.82, 2.24) is 10.2 Å². The number of nitrogens with one attached hydrogen (secondary N) is 1. The minimum absolute atomic E-state index is 0.451. The predicted octanol–water partition coefficient (Wildman–Crippen LogP) is 2.12. The maximum atomic E-state index is 5.57. The van der Waals surface area contributed by atoms with E-state index in [4.69, 9.17) is 4.74 Å². The van der Waals surface area contributed by atoms with Gasteiger partial charge >= 0.3 is 0 Å². The average Bonchev–Trinajstić information content (AvgIpc) is 2.73. The molecule has 0 aromatic heterocycles. The molecule has 0 amide bonds. The van der Waals surface area contributed by atoms with Gasteiger partial charge in [0.1, 0.15) is 0 Å². The van der Waals surface area contributed by atoms with Crippen molar-refractivity contribution in [3.63, 3.8) is 0 Å². The van der Waals surface area contributed by atoms with E-state index < -0.39 is 0 Å². The molecule has 0 saturated carbocycles. The van der Waals surface area contributed by atoms with Crippen molar-refractivity contribution < 1.29 is 4.74 Å². The van der Waals surface area contributed by atoms with Gasteiger partial charge in [-0.2, -0.15) is 0 Å². The smallest absolute Gasteiger partial charge is 0.0472 e. The van der Waals surface area contributed by atoms with Gasteiger partial charge in [-0.3, -0.25) is 0 Å². The van der Waals surface area contributed by atoms with Crippen molar-refractivity contribution in [1.29, 1.82) is 0 Å². The molecule has 2 aliphatic heterocycles. The molecule has 3 heteroatoms. The van der Waals surface area contributed by atoms with E-state index in [1.54, 1.807) is 0 Å². The standard InChI is InChI=1S/C15H30N2O/c1-13(2)16-11-15(5-8-18-9-6-15)12-17-7-4-14(3)10-17/h13-14,16H,4-12H2,1-3H3. The van der Waals surface area contributed by atoms with Crippen LogP contribution in [0.25, 0.3) is 0 Å². The van der Waals surface area contributed by atoms with Crippen molar-refractivity contribution in [2.24, 2.45) is 11.3 Å². The molecule has 1 unspecified atom stereocenters. The molecule has 2 aliphatic rings. The van der Waals surface area contributed by atoms with Crippen LogP contribution in [0.3, 0.4) is 0 Å². The molecule has 106 valence electrons. The highest BCUT2D eigenvalue weighted by atomic mass is 16.5. The Labute approximate surface area is 112 Å². The van der Waals surface area contributed by atoms with Crippen LogP contribution in [0.4, 0.5) is 0 Å². The second-order valence-electron chi connectivity index (χ2n) is 6.78. The first-order chi connectivity index (χ1) is 8.60. The monoisotopic (exact) mass is 254 g/mol. The molecule has 2 heterocycles. The Balaban J connectivity index is 1.91. The summed E-state index contributed by atoms with van der Waals surface area (Å²) in [5.41, 5.74) is 0.451. The van der Waals surface area contributed by atoms with Crippen LogP contribution >= 0.6 is 0 Å². The van der Waals surface area contributed by atoms with Gasteiger partial charge in [-0.25, -0.2) is 0 Å². The highest BCUT2D eigenvalue weighted by molar-refractivity contribution is 4.89. The van der Waals surface area contributed by atoms with E-state index in [1.165, 1.54) is 38.9 Å². The molecule has 0 aromatic rings. The summed E-state index contributed by atoms with van der Waals surface area (Å²) in [5.74, 6) is 0.889. The van der Waals surface area contributed by atoms with Crippen LogP contribution in [0.15, 0.2) is 0 Å². The van der Waals surface area contributed by atoms with Crippen molar-refractivity contribution in [2.45, 2.75) is 46.1 Å². The van der Waals surface area contributed by atoms with Crippen molar-refractivity contribution in [3.05, 3.63) is 0 Å². The lowest BCUT2D eigenvalue weighted by Gasteiger charge is -2.41. The van der Waals surface area contributed by atoms with E-state index in [9.17, 15) is 0 Å². The third-order valence-corrected chi connectivity index (χ3v) is 4.51. The third kappa shape index (κ3) is 3.94. The largest absolute Gasteiger partial charge is 0.381 e. The van der Waals surface area contributed by atoms with Gasteiger partial charge in [0.25, 0.3) is 0 Å². The quantitative estimate of drug-likeness (QED) is 0.813. The van der Waals surface area contributed by atoms with Gasteiger partial charge in [-0.1, -0.05) is 20.8 Å². The maximum absolute atomic E-state index is 5.57. The molecule has 0 aliphatic carbocycles. The fourth-order valence-electron chi connectivity index (χ4n) is 3.26. The number of likely N-dealkylation sites (tertiary alicyclic amines) is 1. The summed E-state index contributed by atoms with van der Waals surface area (Å²) in [4.78, 5) is 2.68. The van der Waals surface area contributed by atoms with E-state index in [2.05, 4.69) is 31.0 Å². The number of hydrogen-bond donors (Lipinski definition) is 1. The normalized spacial score (nSPS) is 29.0. The van der Waals surface area contributed by atoms with Crippen LogP contribution in [-0.2, 0) is 4.74 Å². The lowest BCUT2D eigenvalue weighted by Crippen LogP contribution is -2.48. The van der Waals surface area contributed by atoms with Crippen molar-refractivity contribution in [2.75, 3.05) is 39.4 Å². The third-order valence-electron chi connectivity index (χ3n) is 4.51. The molecular formula is C15H30N2O. The maximum Gasteiger partial charge on any atom is 0.0472 e. The van der Waals surface area contributed by atoms with Gasteiger partial charge < -0.3 is 15.0 Å². The first kappa shape index (κ1) is 14.3. The second-order valence-corrected chi connectivity index (χ2v) is 6.78. The summed E-state index contributed by atoms with van der Waals surface area (Å²) in [6.45, 7) is 13.8. The van der Waals surface area contributed by atoms with E-state index in [0.29, 0.717) is 11.5 Å². The Morgan fingerprint density at radius 3 is 2.61 bits per heavy atom. The molecule has 0 aromatic carbocycles. The zero-order chi connectivity index (χ0) is 13.0. The van der Waals surface area contributed by atoms with Crippen molar-refractivity contribution >= 4 is 0 Å². The molecule has 2 rings (SSSR count). The first-order valence-electron chi connectivity index (χ1n) is 7.63. The van der Waals surface area contributed by atoms with Gasteiger partial charge in [-0.15, -0.1) is 0 Å². The molecular weight excluding hydrogens is 224 g/mol. The van der Waals surface area contributed by atoms with E-state index >= 15 is 0 Å². The zero-order valence-corrected chi connectivity index (χ0v) is 12.4. The number of rotatable bonds is 5. The summed E-state index contributed by atoms with van der Waals surface area (Å²) >= 11 is 0. The van der Waals surface area contributed by atoms with Crippen LogP contribution in [0.1, 0.15) is 40.0 Å². The molecule has 18 heavy (non-hydrogen) atoms. The fraction of sp³-hybridized carbons (Fsp3) is 1.00. The highest BCUT2D eigenvalue weighted by Crippen LogP contribution is 2.32. The molecule has 2 fully saturated rings. The SMILES string of the molecule is CC1CCN(CC2(CNC(C)C)CCOCC2)C1. The highest BCUT2D eigenvalue weighted by Gasteiger charge is 2.35. The van der Waals surface area contributed by atoms with E-state index in [0.717, 1.165) is 25.7 Å². The molecule has 0 bridgehead atoms. The van der Waals surface area contributed by atoms with Crippen LogP contribution in [-0.4, -0.2) is 50.3 Å². The van der Waals surface area contributed by atoms with E-state index in [1.807, 2.05) is 0 Å². The Morgan fingerprint density at radius 2 is 2.06 bits per heavy atom. The fourth-order valence-corrected chi connectivity index (χ4v) is 3.26. The van der Waals surface area contributed by atoms with Crippen LogP contribution < -0.4 is 5.32 Å². The van der Waals surface area contributed by atoms with Crippen molar-refractivity contribution in [3.8, 4) is 0 Å². The topological polar surface area (TPSA) is 24.5 Å². The van der Waals surface area contributed by atoms with Crippen LogP contribution in [0.2, 0.25) is 0 Å². The summed E-state index contributed by atoms with van der Waals surface area (Å²) in [5, 5.41) is 3.66. The lowest BCUT2D eigenvalue weighted by molar-refractivity contribution is -0.00220. The molecule has 3 nitrogen and oxygen atoms in total. The molecule has 0 spiro atoms. The lowest BCUT2D eigenvalue weighted by atomic mass is 9.79. The summed E-state index contributed by atoms with van der Waals surface area (Å²) in [6.07, 6.45) is 3.82. The Hall–Kier alpha value is -0.120.